The molecule has 0 aromatic rings. The zero-order valence-electron chi connectivity index (χ0n) is 15.4. The van der Waals surface area contributed by atoms with Gasteiger partial charge in [-0.1, -0.05) is 109 Å². The van der Waals surface area contributed by atoms with Crippen LogP contribution in [0.5, 0.6) is 0 Å². The molecule has 3 heteroatoms. The van der Waals surface area contributed by atoms with Gasteiger partial charge in [-0.3, -0.25) is 4.21 Å². The van der Waals surface area contributed by atoms with Crippen LogP contribution in [0.2, 0.25) is 0 Å². The molecule has 2 nitrogen and oxygen atoms in total. The molecule has 0 spiro atoms. The predicted molar refractivity (Wildman–Crippen MR) is 102 cm³/mol. The van der Waals surface area contributed by atoms with E-state index in [0.29, 0.717) is 0 Å². The zero-order chi connectivity index (χ0) is 17.0. The van der Waals surface area contributed by atoms with Gasteiger partial charge in [0.25, 0.3) is 0 Å². The first-order valence-corrected chi connectivity index (χ1v) is 11.2. The highest BCUT2D eigenvalue weighted by Gasteiger charge is 1.94. The van der Waals surface area contributed by atoms with Gasteiger partial charge in [0.15, 0.2) is 0 Å². The van der Waals surface area contributed by atoms with Gasteiger partial charge < -0.3 is 4.55 Å². The standard InChI is InChI=1S/C20H40O2S/c1-2-3-4-5-6-7-8-9-10-11-12-13-14-15-16-17-18-19-20-23(21)22/h19-20H,2-18H2,1H3,(H,21,22)/p-1. The van der Waals surface area contributed by atoms with Crippen LogP contribution in [0.15, 0.2) is 11.5 Å². The maximum atomic E-state index is 10.3. The van der Waals surface area contributed by atoms with Crippen molar-refractivity contribution in [1.82, 2.24) is 0 Å². The third-order valence-electron chi connectivity index (χ3n) is 4.43. The average Bonchev–Trinajstić information content (AvgIpc) is 2.53. The molecule has 0 aromatic heterocycles. The highest BCUT2D eigenvalue weighted by atomic mass is 32.2. The van der Waals surface area contributed by atoms with Gasteiger partial charge in [0.1, 0.15) is 0 Å². The van der Waals surface area contributed by atoms with Crippen molar-refractivity contribution >= 4 is 11.1 Å². The van der Waals surface area contributed by atoms with Crippen molar-refractivity contribution in [3.63, 3.8) is 0 Å². The first-order valence-electron chi connectivity index (χ1n) is 10.0. The van der Waals surface area contributed by atoms with E-state index in [9.17, 15) is 8.76 Å². The molecule has 0 saturated heterocycles. The molecule has 23 heavy (non-hydrogen) atoms. The van der Waals surface area contributed by atoms with Crippen LogP contribution in [0.25, 0.3) is 0 Å². The summed E-state index contributed by atoms with van der Waals surface area (Å²) < 4.78 is 20.6. The minimum atomic E-state index is -2.01. The van der Waals surface area contributed by atoms with E-state index < -0.39 is 11.1 Å². The molecule has 0 fully saturated rings. The van der Waals surface area contributed by atoms with Crippen molar-refractivity contribution in [3.05, 3.63) is 11.5 Å². The van der Waals surface area contributed by atoms with Crippen LogP contribution in [0.3, 0.4) is 0 Å². The normalized spacial score (nSPS) is 13.0. The Bertz CT molecular complexity index is 277. The third kappa shape index (κ3) is 21.9. The molecular weight excluding hydrogens is 304 g/mol. The van der Waals surface area contributed by atoms with E-state index >= 15 is 0 Å². The number of unbranched alkanes of at least 4 members (excludes halogenated alkanes) is 16. The molecule has 0 aromatic carbocycles. The summed E-state index contributed by atoms with van der Waals surface area (Å²) in [5, 5.41) is 1.26. The summed E-state index contributed by atoms with van der Waals surface area (Å²) in [4.78, 5) is 0. The van der Waals surface area contributed by atoms with Crippen LogP contribution >= 0.6 is 0 Å². The molecule has 138 valence electrons. The second kappa shape index (κ2) is 19.9. The fourth-order valence-corrected chi connectivity index (χ4v) is 3.25. The van der Waals surface area contributed by atoms with Gasteiger partial charge >= 0.3 is 0 Å². The Morgan fingerprint density at radius 1 is 0.652 bits per heavy atom. The smallest absolute Gasteiger partial charge is 0.0155 e. The molecule has 1 atom stereocenters. The second-order valence-corrected chi connectivity index (χ2v) is 7.52. The average molecular weight is 344 g/mol. The lowest BCUT2D eigenvalue weighted by atomic mass is 10.0. The second-order valence-electron chi connectivity index (χ2n) is 6.72. The van der Waals surface area contributed by atoms with Crippen LogP contribution in [0.4, 0.5) is 0 Å². The maximum absolute atomic E-state index is 10.3. The van der Waals surface area contributed by atoms with E-state index in [0.717, 1.165) is 12.8 Å². The zero-order valence-corrected chi connectivity index (χ0v) is 16.2. The van der Waals surface area contributed by atoms with Crippen LogP contribution in [-0.2, 0) is 11.1 Å². The summed E-state index contributed by atoms with van der Waals surface area (Å²) in [5.41, 5.74) is 0. The van der Waals surface area contributed by atoms with Crippen molar-refractivity contribution < 1.29 is 8.76 Å². The highest BCUT2D eigenvalue weighted by molar-refractivity contribution is 7.82. The van der Waals surface area contributed by atoms with Crippen LogP contribution in [0, 0.1) is 0 Å². The lowest BCUT2D eigenvalue weighted by Crippen LogP contribution is -1.83. The third-order valence-corrected chi connectivity index (χ3v) is 4.85. The SMILES string of the molecule is CCCCCCCCCCCCCCCCCCC=CS(=O)[O-]. The van der Waals surface area contributed by atoms with Gasteiger partial charge in [0.05, 0.1) is 0 Å². The molecule has 0 saturated carbocycles. The van der Waals surface area contributed by atoms with Crippen LogP contribution in [-0.4, -0.2) is 8.76 Å². The molecule has 0 aliphatic rings. The van der Waals surface area contributed by atoms with Gasteiger partial charge in [-0.15, -0.1) is 0 Å². The Labute approximate surface area is 147 Å². The first-order chi connectivity index (χ1) is 11.3. The van der Waals surface area contributed by atoms with E-state index in [2.05, 4.69) is 6.92 Å². The van der Waals surface area contributed by atoms with Gasteiger partial charge in [0.2, 0.25) is 0 Å². The fourth-order valence-electron chi connectivity index (χ4n) is 2.96. The van der Waals surface area contributed by atoms with Gasteiger partial charge in [-0.2, -0.15) is 0 Å². The van der Waals surface area contributed by atoms with E-state index in [-0.39, 0.29) is 0 Å². The number of hydrogen-bond donors (Lipinski definition) is 0. The number of rotatable bonds is 18. The Kier molecular flexibility index (Phi) is 19.8. The summed E-state index contributed by atoms with van der Waals surface area (Å²) in [5.74, 6) is 0. The largest absolute Gasteiger partial charge is 0.769 e. The molecule has 0 heterocycles. The highest BCUT2D eigenvalue weighted by Crippen LogP contribution is 2.14. The van der Waals surface area contributed by atoms with E-state index in [4.69, 9.17) is 0 Å². The first kappa shape index (κ1) is 22.9. The van der Waals surface area contributed by atoms with Crippen molar-refractivity contribution in [2.75, 3.05) is 0 Å². The van der Waals surface area contributed by atoms with Crippen molar-refractivity contribution in [3.8, 4) is 0 Å². The molecular formula is C20H39O2S-. The van der Waals surface area contributed by atoms with Gasteiger partial charge in [-0.25, -0.2) is 0 Å². The maximum Gasteiger partial charge on any atom is -0.0155 e. The number of hydrogen-bond acceptors (Lipinski definition) is 2. The molecule has 0 bridgehead atoms. The summed E-state index contributed by atoms with van der Waals surface area (Å²) >= 11 is -2.01. The number of allylic oxidation sites excluding steroid dienone is 1. The van der Waals surface area contributed by atoms with Crippen molar-refractivity contribution in [2.24, 2.45) is 0 Å². The van der Waals surface area contributed by atoms with Crippen LogP contribution in [0.1, 0.15) is 116 Å². The quantitative estimate of drug-likeness (QED) is 0.198. The Morgan fingerprint density at radius 2 is 1.00 bits per heavy atom. The monoisotopic (exact) mass is 343 g/mol. The topological polar surface area (TPSA) is 40.1 Å². The Hall–Kier alpha value is -0.150. The van der Waals surface area contributed by atoms with Crippen LogP contribution < -0.4 is 0 Å². The van der Waals surface area contributed by atoms with Crippen molar-refractivity contribution in [1.29, 1.82) is 0 Å². The minimum absolute atomic E-state index is 0.895. The fraction of sp³-hybridized carbons (Fsp3) is 0.900. The predicted octanol–water partition coefficient (Wildman–Crippen LogP) is 7.03. The van der Waals surface area contributed by atoms with Gasteiger partial charge in [-0.05, 0) is 29.3 Å². The Balaban J connectivity index is 3.01. The molecule has 0 aliphatic carbocycles. The molecule has 0 amide bonds. The van der Waals surface area contributed by atoms with E-state index in [1.54, 1.807) is 6.08 Å². The molecule has 0 N–H and O–H groups in total. The molecule has 0 rings (SSSR count). The molecule has 0 aliphatic heterocycles. The Morgan fingerprint density at radius 3 is 1.35 bits per heavy atom. The summed E-state index contributed by atoms with van der Waals surface area (Å²) in [7, 11) is 0. The lowest BCUT2D eigenvalue weighted by molar-refractivity contribution is 0.530. The lowest BCUT2D eigenvalue weighted by Gasteiger charge is -2.03. The summed E-state index contributed by atoms with van der Waals surface area (Å²) in [6.45, 7) is 2.28. The van der Waals surface area contributed by atoms with Gasteiger partial charge in [0, 0.05) is 0 Å². The van der Waals surface area contributed by atoms with E-state index in [1.165, 1.54) is 102 Å². The van der Waals surface area contributed by atoms with Crippen molar-refractivity contribution in [2.45, 2.75) is 116 Å². The molecule has 1 unspecified atom stereocenters. The summed E-state index contributed by atoms with van der Waals surface area (Å²) in [6.07, 6.45) is 24.6. The van der Waals surface area contributed by atoms with E-state index in [1.807, 2.05) is 0 Å². The molecule has 0 radical (unpaired) electrons. The summed E-state index contributed by atoms with van der Waals surface area (Å²) in [6, 6.07) is 0. The minimum Gasteiger partial charge on any atom is -0.769 e.